The van der Waals surface area contributed by atoms with Gasteiger partial charge in [-0.15, -0.1) is 11.8 Å². The minimum Gasteiger partial charge on any atom is -0.382 e. The van der Waals surface area contributed by atoms with Crippen LogP contribution in [0.25, 0.3) is 0 Å². The first-order valence-electron chi connectivity index (χ1n) is 5.29. The Labute approximate surface area is 110 Å². The molecule has 0 unspecified atom stereocenters. The van der Waals surface area contributed by atoms with E-state index < -0.39 is 0 Å². The van der Waals surface area contributed by atoms with Gasteiger partial charge in [-0.25, -0.2) is 0 Å². The molecule has 0 saturated carbocycles. The molecule has 17 heavy (non-hydrogen) atoms. The minimum absolute atomic E-state index is 0.619. The largest absolute Gasteiger partial charge is 0.382 e. The highest BCUT2D eigenvalue weighted by Crippen LogP contribution is 2.34. The van der Waals surface area contributed by atoms with Crippen molar-refractivity contribution in [1.82, 2.24) is 4.37 Å². The second-order valence-electron chi connectivity index (χ2n) is 3.77. The molecule has 0 aliphatic heterocycles. The Bertz CT molecular complexity index is 491. The van der Waals surface area contributed by atoms with Crippen molar-refractivity contribution in [2.75, 3.05) is 17.3 Å². The number of rotatable bonds is 4. The summed E-state index contributed by atoms with van der Waals surface area (Å²) in [5, 5.41) is 4.43. The van der Waals surface area contributed by atoms with E-state index in [1.54, 1.807) is 11.8 Å². The van der Waals surface area contributed by atoms with Crippen LogP contribution in [0.5, 0.6) is 0 Å². The van der Waals surface area contributed by atoms with E-state index in [0.717, 1.165) is 16.4 Å². The predicted molar refractivity (Wildman–Crippen MR) is 76.8 cm³/mol. The van der Waals surface area contributed by atoms with Crippen LogP contribution in [0.3, 0.4) is 0 Å². The third-order valence-corrected chi connectivity index (χ3v) is 4.22. The van der Waals surface area contributed by atoms with Gasteiger partial charge in [-0.1, -0.05) is 29.8 Å². The second kappa shape index (κ2) is 5.42. The first-order valence-corrected chi connectivity index (χ1v) is 7.29. The Morgan fingerprint density at radius 1 is 1.35 bits per heavy atom. The molecule has 3 N–H and O–H groups in total. The van der Waals surface area contributed by atoms with Crippen molar-refractivity contribution in [2.45, 2.75) is 18.4 Å². The Kier molecular flexibility index (Phi) is 3.91. The molecule has 0 amide bonds. The number of nitrogens with zero attached hydrogens (tertiary/aromatic N) is 1. The predicted octanol–water partition coefficient (Wildman–Crippen LogP) is 3.37. The molecule has 2 rings (SSSR count). The monoisotopic (exact) mass is 265 g/mol. The van der Waals surface area contributed by atoms with E-state index in [1.807, 2.05) is 6.26 Å². The maximum absolute atomic E-state index is 5.78. The SMILES string of the molecule is CSc1c(N)nsc1NCc1ccc(C)cc1. The lowest BCUT2D eigenvalue weighted by molar-refractivity contribution is 1.14. The maximum atomic E-state index is 5.78. The van der Waals surface area contributed by atoms with Crippen LogP contribution in [0.4, 0.5) is 10.8 Å². The number of hydrogen-bond donors (Lipinski definition) is 2. The summed E-state index contributed by atoms with van der Waals surface area (Å²) in [6.07, 6.45) is 2.01. The van der Waals surface area contributed by atoms with Gasteiger partial charge >= 0.3 is 0 Å². The highest BCUT2D eigenvalue weighted by Gasteiger charge is 2.09. The van der Waals surface area contributed by atoms with E-state index in [2.05, 4.69) is 40.9 Å². The third kappa shape index (κ3) is 2.92. The van der Waals surface area contributed by atoms with Gasteiger partial charge < -0.3 is 11.1 Å². The van der Waals surface area contributed by atoms with Crippen molar-refractivity contribution in [2.24, 2.45) is 0 Å². The number of nitrogens with two attached hydrogens (primary N) is 1. The fraction of sp³-hybridized carbons (Fsp3) is 0.250. The summed E-state index contributed by atoms with van der Waals surface area (Å²) in [7, 11) is 0. The Hall–Kier alpha value is -1.20. The van der Waals surface area contributed by atoms with Gasteiger partial charge in [0.15, 0.2) is 5.82 Å². The Balaban J connectivity index is 2.04. The molecule has 5 heteroatoms. The zero-order valence-corrected chi connectivity index (χ0v) is 11.5. The van der Waals surface area contributed by atoms with E-state index in [4.69, 9.17) is 5.73 Å². The molecule has 1 aromatic carbocycles. The summed E-state index contributed by atoms with van der Waals surface area (Å²) in [6.45, 7) is 2.89. The lowest BCUT2D eigenvalue weighted by atomic mass is 10.1. The summed E-state index contributed by atoms with van der Waals surface area (Å²) in [6, 6.07) is 8.50. The molecule has 90 valence electrons. The summed E-state index contributed by atoms with van der Waals surface area (Å²) in [5.41, 5.74) is 8.32. The van der Waals surface area contributed by atoms with Crippen molar-refractivity contribution in [3.05, 3.63) is 35.4 Å². The van der Waals surface area contributed by atoms with Crippen molar-refractivity contribution in [3.8, 4) is 0 Å². The topological polar surface area (TPSA) is 50.9 Å². The number of benzene rings is 1. The van der Waals surface area contributed by atoms with Crippen molar-refractivity contribution < 1.29 is 0 Å². The molecule has 1 heterocycles. The number of nitrogens with one attached hydrogen (secondary N) is 1. The number of hydrogen-bond acceptors (Lipinski definition) is 5. The Morgan fingerprint density at radius 3 is 2.71 bits per heavy atom. The van der Waals surface area contributed by atoms with Crippen molar-refractivity contribution >= 4 is 34.1 Å². The van der Waals surface area contributed by atoms with Gasteiger partial charge in [0.25, 0.3) is 0 Å². The molecule has 0 aliphatic rings. The van der Waals surface area contributed by atoms with Gasteiger partial charge in [0.05, 0.1) is 4.90 Å². The van der Waals surface area contributed by atoms with Crippen LogP contribution in [0.1, 0.15) is 11.1 Å². The van der Waals surface area contributed by atoms with Crippen LogP contribution in [-0.4, -0.2) is 10.6 Å². The average molecular weight is 265 g/mol. The van der Waals surface area contributed by atoms with E-state index in [9.17, 15) is 0 Å². The zero-order chi connectivity index (χ0) is 12.3. The number of nitrogen functional groups attached to an aromatic ring is 1. The zero-order valence-electron chi connectivity index (χ0n) is 9.86. The van der Waals surface area contributed by atoms with E-state index >= 15 is 0 Å². The standard InChI is InChI=1S/C12H15N3S2/c1-8-3-5-9(6-4-8)7-14-12-10(16-2)11(13)15-17-12/h3-6,14H,7H2,1-2H3,(H2,13,15). The van der Waals surface area contributed by atoms with Crippen molar-refractivity contribution in [1.29, 1.82) is 0 Å². The van der Waals surface area contributed by atoms with Crippen LogP contribution in [-0.2, 0) is 6.54 Å². The molecule has 0 saturated heterocycles. The molecular weight excluding hydrogens is 250 g/mol. The first-order chi connectivity index (χ1) is 8.20. The number of anilines is 2. The van der Waals surface area contributed by atoms with Gasteiger partial charge in [-0.05, 0) is 30.3 Å². The number of aryl methyl sites for hydroxylation is 1. The summed E-state index contributed by atoms with van der Waals surface area (Å²) < 4.78 is 4.15. The van der Waals surface area contributed by atoms with E-state index in [1.165, 1.54) is 22.7 Å². The van der Waals surface area contributed by atoms with Gasteiger partial charge in [-0.3, -0.25) is 0 Å². The maximum Gasteiger partial charge on any atom is 0.153 e. The van der Waals surface area contributed by atoms with Crippen LogP contribution >= 0.6 is 23.3 Å². The summed E-state index contributed by atoms with van der Waals surface area (Å²) >= 11 is 3.04. The average Bonchev–Trinajstić information content (AvgIpc) is 2.69. The molecule has 0 radical (unpaired) electrons. The molecule has 0 bridgehead atoms. The van der Waals surface area contributed by atoms with Crippen LogP contribution in [0.2, 0.25) is 0 Å². The lowest BCUT2D eigenvalue weighted by Gasteiger charge is -2.05. The fourth-order valence-corrected chi connectivity index (χ4v) is 3.03. The second-order valence-corrected chi connectivity index (χ2v) is 5.36. The molecule has 3 nitrogen and oxygen atoms in total. The quantitative estimate of drug-likeness (QED) is 0.832. The molecule has 1 aromatic heterocycles. The summed E-state index contributed by atoms with van der Waals surface area (Å²) in [5.74, 6) is 0.619. The normalized spacial score (nSPS) is 10.5. The molecule has 0 fully saturated rings. The lowest BCUT2D eigenvalue weighted by Crippen LogP contribution is -1.98. The van der Waals surface area contributed by atoms with Crippen LogP contribution in [0.15, 0.2) is 29.2 Å². The van der Waals surface area contributed by atoms with Crippen molar-refractivity contribution in [3.63, 3.8) is 0 Å². The highest BCUT2D eigenvalue weighted by atomic mass is 32.2. The minimum atomic E-state index is 0.619. The number of thioether (sulfide) groups is 1. The van der Waals surface area contributed by atoms with Crippen LogP contribution < -0.4 is 11.1 Å². The van der Waals surface area contributed by atoms with Gasteiger partial charge in [0.1, 0.15) is 5.00 Å². The van der Waals surface area contributed by atoms with Gasteiger partial charge in [0.2, 0.25) is 0 Å². The number of aromatic nitrogens is 1. The van der Waals surface area contributed by atoms with E-state index in [-0.39, 0.29) is 0 Å². The first kappa shape index (κ1) is 12.3. The highest BCUT2D eigenvalue weighted by molar-refractivity contribution is 7.99. The van der Waals surface area contributed by atoms with Crippen LogP contribution in [0, 0.1) is 6.92 Å². The molecule has 2 aromatic rings. The van der Waals surface area contributed by atoms with Gasteiger partial charge in [0, 0.05) is 6.54 Å². The fourth-order valence-electron chi connectivity index (χ4n) is 1.49. The van der Waals surface area contributed by atoms with E-state index in [0.29, 0.717) is 5.82 Å². The smallest absolute Gasteiger partial charge is 0.153 e. The molecule has 0 atom stereocenters. The molecule has 0 spiro atoms. The van der Waals surface area contributed by atoms with Gasteiger partial charge in [-0.2, -0.15) is 4.37 Å². The molecule has 0 aliphatic carbocycles. The summed E-state index contributed by atoms with van der Waals surface area (Å²) in [4.78, 5) is 1.04. The Morgan fingerprint density at radius 2 is 2.06 bits per heavy atom. The third-order valence-electron chi connectivity index (χ3n) is 2.45. The molecular formula is C12H15N3S2.